The molecule has 0 N–H and O–H groups in total. The molecule has 13 nitrogen and oxygen atoms in total. The molecule has 0 saturated carbocycles. The van der Waals surface area contributed by atoms with Gasteiger partial charge in [-0.2, -0.15) is 18.3 Å². The molecular weight excluding hydrogens is 1630 g/mol. The summed E-state index contributed by atoms with van der Waals surface area (Å²) in [6, 6.07) is 111. The van der Waals surface area contributed by atoms with Gasteiger partial charge in [-0.25, -0.2) is 0 Å². The molecule has 0 radical (unpaired) electrons. The summed E-state index contributed by atoms with van der Waals surface area (Å²) >= 11 is 0. The molecule has 31 rings (SSSR count). The number of rotatable bonds is 0. The smallest absolute Gasteiger partial charge is 0.232 e. The van der Waals surface area contributed by atoms with E-state index in [2.05, 4.69) is 376 Å². The summed E-state index contributed by atoms with van der Waals surface area (Å²) in [5.41, 5.74) is 28.5. The van der Waals surface area contributed by atoms with Crippen molar-refractivity contribution in [2.75, 3.05) is 0 Å². The van der Waals surface area contributed by atoms with Gasteiger partial charge < -0.3 is 37.9 Å². The van der Waals surface area contributed by atoms with Gasteiger partial charge in [0.2, 0.25) is 28.3 Å². The molecule has 0 aliphatic carbocycles. The monoisotopic (exact) mass is 1710 g/mol. The van der Waals surface area contributed by atoms with Crippen LogP contribution in [0.5, 0.6) is 92.0 Å². The fraction of sp³-hybridized carbons (Fsp3) is 0.134. The molecule has 12 aliphatic heterocycles. The number of nitrogens with zero attached hydrogens (tertiary/aromatic N) is 5. The first-order valence-corrected chi connectivity index (χ1v) is 45.7. The molecular formula is C119H85N5O8+4. The average Bonchev–Trinajstić information content (AvgIpc) is 1.48. The standard InChI is InChI=1S/C35H24NO2.C31H22NO2.C27H20NO2.C26H19N2O2/c1-35(2)33-24(27-13-7-8-14-36(27)35)19-30-32-31(25-15-20-9-3-5-11-22(20)17-28(25)37-30)26-16-21-10-4-6-12-23(21)18-29(26)38-34(32)33;1-31(2)29-21(23-16-15-18-9-3-6-12-22(18)32(23)31)17-26-28-27(19-10-4-7-13-24(19)33-26)20-11-5-8-14-25(20)34-30(28)29;1-27(2)25-18(19-11-7-8-14-28(19)27)15-22-24-23(16-9-3-5-12-20(16)29-22)17-10-4-6-13-21(17)30-26(24)25;1-26(2)24-17(18-14-27-11-12-28(18)26)13-21-23-22(15-7-3-5-9-19(15)29-21)16-8-4-6-10-20(16)30-25(23)24/h3-19,31H,1-2H3;3-17,27H,1-2H3;3-15,23H,1-2H3;3-14,22H,1-2H3/q4*+1. The molecule has 0 spiro atoms. The molecule has 0 bridgehead atoms. The summed E-state index contributed by atoms with van der Waals surface area (Å²) < 4.78 is 62.6. The number of benzene rings is 15. The SMILES string of the molecule is CC1(C)c2c(cc3c4c2Oc2cc5ccccc5cc2C4c2cc4ccccc4cc2O3)-c2cccc[n+]21.CC1(C)c2c(cc3c4c2Oc2ccccc2C4c2ccccc2O3)-c2ccc3ccccc3[n+]21.CC1(C)c2c(cc3c4c2Oc2ccccc2C4c2ccccc2O3)-c2cccc[n+]21.CC1(C)c2c(cc3c4c2Oc2ccccc2C4c2ccccc2O3)-c2cncc[n+]21. The van der Waals surface area contributed by atoms with Crippen LogP contribution in [-0.4, -0.2) is 4.98 Å². The van der Waals surface area contributed by atoms with Crippen molar-refractivity contribution in [3.8, 4) is 137 Å². The summed E-state index contributed by atoms with van der Waals surface area (Å²) in [6.07, 6.45) is 10.1. The molecule has 13 heteroatoms. The van der Waals surface area contributed by atoms with Crippen LogP contribution in [0.4, 0.5) is 0 Å². The fourth-order valence-electron chi connectivity index (χ4n) is 24.3. The molecule has 15 aromatic carbocycles. The minimum atomic E-state index is -0.288. The van der Waals surface area contributed by atoms with Crippen LogP contribution in [0.3, 0.4) is 0 Å². The Morgan fingerprint density at radius 1 is 0.227 bits per heavy atom. The van der Waals surface area contributed by atoms with E-state index >= 15 is 0 Å². The molecule has 19 aromatic rings. The van der Waals surface area contributed by atoms with Crippen LogP contribution in [-0.2, 0) is 22.2 Å². The highest BCUT2D eigenvalue weighted by Gasteiger charge is 2.57. The first-order valence-electron chi connectivity index (χ1n) is 45.7. The molecule has 12 aliphatic rings. The Kier molecular flexibility index (Phi) is 15.3. The van der Waals surface area contributed by atoms with Crippen LogP contribution in [0.1, 0.15) is 168 Å². The quantitative estimate of drug-likeness (QED) is 0.137. The lowest BCUT2D eigenvalue weighted by molar-refractivity contribution is -0.732. The van der Waals surface area contributed by atoms with E-state index in [1.165, 1.54) is 133 Å². The number of pyridine rings is 3. The third-order valence-corrected chi connectivity index (χ3v) is 30.0. The predicted molar refractivity (Wildman–Crippen MR) is 508 cm³/mol. The van der Waals surface area contributed by atoms with Crippen molar-refractivity contribution in [1.82, 2.24) is 4.98 Å². The maximum Gasteiger partial charge on any atom is 0.232 e. The molecule has 4 atom stereocenters. The lowest BCUT2D eigenvalue weighted by Gasteiger charge is -2.36. The van der Waals surface area contributed by atoms with Crippen molar-refractivity contribution in [1.29, 1.82) is 0 Å². The Morgan fingerprint density at radius 2 is 0.523 bits per heavy atom. The van der Waals surface area contributed by atoms with Crippen LogP contribution in [0.2, 0.25) is 0 Å². The summed E-state index contributed by atoms with van der Waals surface area (Å²) in [5.74, 6) is 15.0. The zero-order chi connectivity index (χ0) is 87.8. The number of hydrogen-bond donors (Lipinski definition) is 0. The van der Waals surface area contributed by atoms with Crippen molar-refractivity contribution < 1.29 is 56.2 Å². The van der Waals surface area contributed by atoms with Crippen LogP contribution in [0.25, 0.3) is 77.5 Å². The van der Waals surface area contributed by atoms with Gasteiger partial charge in [0.1, 0.15) is 92.0 Å². The van der Waals surface area contributed by atoms with Crippen molar-refractivity contribution in [2.24, 2.45) is 0 Å². The largest absolute Gasteiger partial charge is 0.457 e. The number of hydrogen-bond acceptors (Lipinski definition) is 9. The van der Waals surface area contributed by atoms with Crippen LogP contribution < -0.4 is 56.2 Å². The van der Waals surface area contributed by atoms with Gasteiger partial charge in [-0.15, -0.1) is 0 Å². The molecule has 0 fully saturated rings. The highest BCUT2D eigenvalue weighted by atomic mass is 16.5. The van der Waals surface area contributed by atoms with Crippen molar-refractivity contribution >= 4 is 32.4 Å². The topological polar surface area (TPSA) is 102 Å². The van der Waals surface area contributed by atoms with E-state index in [1.807, 2.05) is 48.9 Å². The van der Waals surface area contributed by atoms with Gasteiger partial charge >= 0.3 is 0 Å². The van der Waals surface area contributed by atoms with Crippen molar-refractivity contribution in [2.45, 2.75) is 101 Å². The van der Waals surface area contributed by atoms with Gasteiger partial charge in [0, 0.05) is 165 Å². The predicted octanol–water partition coefficient (Wildman–Crippen LogP) is 27.4. The normalized spacial score (nSPS) is 17.7. The third kappa shape index (κ3) is 10.2. The molecule has 0 saturated heterocycles. The summed E-state index contributed by atoms with van der Waals surface area (Å²) in [7, 11) is 0. The van der Waals surface area contributed by atoms with Crippen LogP contribution >= 0.6 is 0 Å². The second kappa shape index (κ2) is 26.8. The lowest BCUT2D eigenvalue weighted by atomic mass is 9.76. The van der Waals surface area contributed by atoms with Crippen LogP contribution in [0, 0.1) is 0 Å². The van der Waals surface area contributed by atoms with Crippen molar-refractivity contribution in [3.05, 3.63) is 435 Å². The van der Waals surface area contributed by atoms with E-state index in [0.717, 1.165) is 126 Å². The molecule has 4 unspecified atom stereocenters. The number of aromatic nitrogens is 5. The van der Waals surface area contributed by atoms with Gasteiger partial charge in [0.05, 0.1) is 79.2 Å². The van der Waals surface area contributed by atoms with Gasteiger partial charge in [0.25, 0.3) is 0 Å². The van der Waals surface area contributed by atoms with E-state index in [0.29, 0.717) is 0 Å². The van der Waals surface area contributed by atoms with Gasteiger partial charge in [0.15, 0.2) is 40.7 Å². The first-order chi connectivity index (χ1) is 64.5. The molecule has 16 heterocycles. The van der Waals surface area contributed by atoms with E-state index in [9.17, 15) is 0 Å². The minimum absolute atomic E-state index is 0.0246. The molecule has 0 amide bonds. The second-order valence-electron chi connectivity index (χ2n) is 38.5. The van der Waals surface area contributed by atoms with E-state index in [-0.39, 0.29) is 45.8 Å². The minimum Gasteiger partial charge on any atom is -0.457 e. The van der Waals surface area contributed by atoms with E-state index in [1.54, 1.807) is 0 Å². The number of para-hydroxylation sites is 7. The molecule has 132 heavy (non-hydrogen) atoms. The van der Waals surface area contributed by atoms with Gasteiger partial charge in [-0.1, -0.05) is 170 Å². The summed E-state index contributed by atoms with van der Waals surface area (Å²) in [4.78, 5) is 4.39. The summed E-state index contributed by atoms with van der Waals surface area (Å²) in [5, 5.41) is 6.05. The van der Waals surface area contributed by atoms with E-state index in [4.69, 9.17) is 37.9 Å². The third-order valence-electron chi connectivity index (χ3n) is 30.0. The Labute approximate surface area is 762 Å². The zero-order valence-electron chi connectivity index (χ0n) is 73.7. The van der Waals surface area contributed by atoms with Crippen LogP contribution in [0.15, 0.2) is 346 Å². The first kappa shape index (κ1) is 75.0. The van der Waals surface area contributed by atoms with Crippen molar-refractivity contribution in [3.63, 3.8) is 0 Å². The number of fused-ring (bicyclic) bond motifs is 36. The molecule has 4 aromatic heterocycles. The second-order valence-corrected chi connectivity index (χ2v) is 38.5. The van der Waals surface area contributed by atoms with E-state index < -0.39 is 0 Å². The maximum atomic E-state index is 6.95. The Balaban J connectivity index is 0.0000000885. The van der Waals surface area contributed by atoms with Gasteiger partial charge in [-0.3, -0.25) is 4.98 Å². The summed E-state index contributed by atoms with van der Waals surface area (Å²) in [6.45, 7) is 18.2. The van der Waals surface area contributed by atoms with Gasteiger partial charge in [-0.05, 0) is 131 Å². The lowest BCUT2D eigenvalue weighted by Crippen LogP contribution is -2.51. The average molecular weight is 1710 g/mol. The maximum absolute atomic E-state index is 6.95. The highest BCUT2D eigenvalue weighted by Crippen LogP contribution is 2.67. The zero-order valence-corrected chi connectivity index (χ0v) is 73.7. The number of ether oxygens (including phenoxy) is 8. The fourth-order valence-corrected chi connectivity index (χ4v) is 24.3. The highest BCUT2D eigenvalue weighted by molar-refractivity contribution is 5.92. The molecule has 630 valence electrons. The Hall–Kier alpha value is -16.0. The Morgan fingerprint density at radius 3 is 0.932 bits per heavy atom. The Bertz CT molecular complexity index is 8160.